The van der Waals surface area contributed by atoms with E-state index in [0.29, 0.717) is 45.0 Å². The van der Waals surface area contributed by atoms with E-state index in [9.17, 15) is 14.9 Å². The summed E-state index contributed by atoms with van der Waals surface area (Å²) in [5, 5.41) is 10.5. The standard InChI is InChI=1S/C31H30ClN5O2S2/c1-3-36-28(35-15-13-34(14-16-35)19-22-9-5-4-6-10-22)24(21(2)25(18-33)29(36)38)17-27-30(39)37(31(40)41-27)20-23-11-7-8-12-26(23)32/h4-12,17H,3,13-16,19-20H2,1-2H3/b27-17+. The molecule has 0 unspecified atom stereocenters. The second-order valence-corrected chi connectivity index (χ2v) is 12.1. The monoisotopic (exact) mass is 603 g/mol. The smallest absolute Gasteiger partial charge is 0.270 e. The van der Waals surface area contributed by atoms with Crippen molar-refractivity contribution in [3.63, 3.8) is 0 Å². The summed E-state index contributed by atoms with van der Waals surface area (Å²) in [5.41, 5.74) is 3.13. The number of anilines is 1. The van der Waals surface area contributed by atoms with Gasteiger partial charge in [0, 0.05) is 49.9 Å². The summed E-state index contributed by atoms with van der Waals surface area (Å²) in [4.78, 5) is 33.6. The minimum atomic E-state index is -0.308. The second kappa shape index (κ2) is 12.6. The van der Waals surface area contributed by atoms with Crippen molar-refractivity contribution in [1.29, 1.82) is 5.26 Å². The lowest BCUT2D eigenvalue weighted by Gasteiger charge is -2.38. The van der Waals surface area contributed by atoms with Gasteiger partial charge in [-0.2, -0.15) is 5.26 Å². The highest BCUT2D eigenvalue weighted by atomic mass is 35.5. The van der Waals surface area contributed by atoms with E-state index in [1.54, 1.807) is 28.5 Å². The zero-order chi connectivity index (χ0) is 29.1. The molecule has 41 heavy (non-hydrogen) atoms. The van der Waals surface area contributed by atoms with Crippen LogP contribution in [0.5, 0.6) is 0 Å². The van der Waals surface area contributed by atoms with Crippen LogP contribution in [-0.4, -0.2) is 50.8 Å². The number of thiocarbonyl (C=S) groups is 1. The number of rotatable bonds is 7. The average Bonchev–Trinajstić information content (AvgIpc) is 3.24. The molecule has 1 amide bonds. The highest BCUT2D eigenvalue weighted by Crippen LogP contribution is 2.37. The summed E-state index contributed by atoms with van der Waals surface area (Å²) >= 11 is 13.2. The van der Waals surface area contributed by atoms with Crippen molar-refractivity contribution in [1.82, 2.24) is 14.4 Å². The van der Waals surface area contributed by atoms with Gasteiger partial charge in [-0.15, -0.1) is 0 Å². The third-order valence-corrected chi connectivity index (χ3v) is 9.27. The molecule has 0 spiro atoms. The largest absolute Gasteiger partial charge is 0.355 e. The van der Waals surface area contributed by atoms with Crippen LogP contribution in [0.2, 0.25) is 5.02 Å². The van der Waals surface area contributed by atoms with Crippen molar-refractivity contribution >= 4 is 57.7 Å². The Kier molecular flexibility index (Phi) is 8.95. The zero-order valence-corrected chi connectivity index (χ0v) is 25.4. The van der Waals surface area contributed by atoms with Crippen LogP contribution in [0.3, 0.4) is 0 Å². The third kappa shape index (κ3) is 5.97. The number of halogens is 1. The summed E-state index contributed by atoms with van der Waals surface area (Å²) in [6.45, 7) is 8.30. The highest BCUT2D eigenvalue weighted by molar-refractivity contribution is 8.26. The first-order chi connectivity index (χ1) is 19.8. The molecule has 10 heteroatoms. The normalized spacial score (nSPS) is 17.0. The van der Waals surface area contributed by atoms with Gasteiger partial charge in [0.2, 0.25) is 0 Å². The molecule has 0 N–H and O–H groups in total. The number of aromatic nitrogens is 1. The Balaban J connectivity index is 1.49. The molecule has 5 rings (SSSR count). The molecule has 2 saturated heterocycles. The molecule has 210 valence electrons. The van der Waals surface area contributed by atoms with E-state index in [0.717, 1.165) is 31.0 Å². The quantitative estimate of drug-likeness (QED) is 0.264. The number of benzene rings is 2. The predicted octanol–water partition coefficient (Wildman–Crippen LogP) is 5.43. The van der Waals surface area contributed by atoms with E-state index < -0.39 is 0 Å². The van der Waals surface area contributed by atoms with Crippen LogP contribution < -0.4 is 10.5 Å². The van der Waals surface area contributed by atoms with Crippen molar-refractivity contribution in [3.05, 3.63) is 103 Å². The number of hydrogen-bond acceptors (Lipinski definition) is 7. The molecule has 0 bridgehead atoms. The van der Waals surface area contributed by atoms with Gasteiger partial charge in [-0.25, -0.2) is 0 Å². The van der Waals surface area contributed by atoms with Gasteiger partial charge in [-0.1, -0.05) is 84.1 Å². The van der Waals surface area contributed by atoms with Crippen LogP contribution in [0.4, 0.5) is 5.82 Å². The number of hydrogen-bond donors (Lipinski definition) is 0. The highest BCUT2D eigenvalue weighted by Gasteiger charge is 2.34. The third-order valence-electron chi connectivity index (χ3n) is 7.52. The minimum absolute atomic E-state index is 0.0936. The lowest BCUT2D eigenvalue weighted by Crippen LogP contribution is -2.48. The van der Waals surface area contributed by atoms with Crippen LogP contribution in [0, 0.1) is 18.3 Å². The number of amides is 1. The summed E-state index contributed by atoms with van der Waals surface area (Å²) in [6, 6.07) is 19.9. The zero-order valence-electron chi connectivity index (χ0n) is 23.0. The maximum absolute atomic E-state index is 13.6. The SMILES string of the molecule is CCn1c(N2CCN(Cc3ccccc3)CC2)c(/C=C2/SC(=S)N(Cc3ccccc3Cl)C2=O)c(C)c(C#N)c1=O. The van der Waals surface area contributed by atoms with E-state index >= 15 is 0 Å². The molecule has 2 aromatic carbocycles. The number of carbonyl (C=O) groups excluding carboxylic acids is 1. The van der Waals surface area contributed by atoms with Gasteiger partial charge < -0.3 is 4.90 Å². The number of nitrogens with zero attached hydrogens (tertiary/aromatic N) is 5. The molecular weight excluding hydrogens is 574 g/mol. The molecule has 0 radical (unpaired) electrons. The number of nitriles is 1. The van der Waals surface area contributed by atoms with E-state index in [4.69, 9.17) is 23.8 Å². The van der Waals surface area contributed by atoms with Crippen LogP contribution in [0.15, 0.2) is 64.3 Å². The van der Waals surface area contributed by atoms with Crippen LogP contribution in [0.25, 0.3) is 6.08 Å². The van der Waals surface area contributed by atoms with Gasteiger partial charge >= 0.3 is 0 Å². The first-order valence-electron chi connectivity index (χ1n) is 13.5. The molecule has 2 aliphatic rings. The van der Waals surface area contributed by atoms with Crippen LogP contribution in [0.1, 0.15) is 34.7 Å². The number of piperazine rings is 1. The fourth-order valence-corrected chi connectivity index (χ4v) is 6.73. The van der Waals surface area contributed by atoms with Crippen LogP contribution in [-0.2, 0) is 24.4 Å². The molecule has 7 nitrogen and oxygen atoms in total. The lowest BCUT2D eigenvalue weighted by molar-refractivity contribution is -0.122. The Bertz CT molecular complexity index is 1620. The Hall–Kier alpha value is -3.42. The summed E-state index contributed by atoms with van der Waals surface area (Å²) in [5.74, 6) is 0.524. The van der Waals surface area contributed by atoms with Crippen molar-refractivity contribution < 1.29 is 4.79 Å². The van der Waals surface area contributed by atoms with Gasteiger partial charge in [-0.3, -0.25) is 24.0 Å². The summed E-state index contributed by atoms with van der Waals surface area (Å²) < 4.78 is 2.11. The van der Waals surface area contributed by atoms with Gasteiger partial charge in [0.25, 0.3) is 11.5 Å². The molecule has 0 saturated carbocycles. The van der Waals surface area contributed by atoms with Gasteiger partial charge in [0.05, 0.1) is 11.4 Å². The Morgan fingerprint density at radius 2 is 1.71 bits per heavy atom. The molecule has 3 aromatic rings. The maximum Gasteiger partial charge on any atom is 0.270 e. The molecule has 0 aliphatic carbocycles. The molecule has 3 heterocycles. The molecule has 2 aliphatic heterocycles. The molecule has 0 atom stereocenters. The van der Waals surface area contributed by atoms with E-state index in [-0.39, 0.29) is 23.6 Å². The van der Waals surface area contributed by atoms with Gasteiger partial charge in [0.15, 0.2) is 0 Å². The molecular formula is C31H30ClN5O2S2. The number of carbonyl (C=O) groups is 1. The van der Waals surface area contributed by atoms with Crippen molar-refractivity contribution in [2.75, 3.05) is 31.1 Å². The minimum Gasteiger partial charge on any atom is -0.355 e. The Labute approximate surface area is 254 Å². The lowest BCUT2D eigenvalue weighted by atomic mass is 10.0. The summed E-state index contributed by atoms with van der Waals surface area (Å²) in [6.07, 6.45) is 1.80. The fourth-order valence-electron chi connectivity index (χ4n) is 5.30. The van der Waals surface area contributed by atoms with E-state index in [1.165, 1.54) is 17.3 Å². The fraction of sp³-hybridized carbons (Fsp3) is 0.290. The Morgan fingerprint density at radius 1 is 1.02 bits per heavy atom. The van der Waals surface area contributed by atoms with Gasteiger partial charge in [-0.05, 0) is 42.7 Å². The van der Waals surface area contributed by atoms with Gasteiger partial charge in [0.1, 0.15) is 21.8 Å². The molecule has 1 aromatic heterocycles. The number of thioether (sulfide) groups is 1. The maximum atomic E-state index is 13.6. The molecule has 2 fully saturated rings. The van der Waals surface area contributed by atoms with Crippen molar-refractivity contribution in [2.24, 2.45) is 0 Å². The predicted molar refractivity (Wildman–Crippen MR) is 170 cm³/mol. The van der Waals surface area contributed by atoms with Crippen molar-refractivity contribution in [2.45, 2.75) is 33.5 Å². The Morgan fingerprint density at radius 3 is 2.37 bits per heavy atom. The summed E-state index contributed by atoms with van der Waals surface area (Å²) in [7, 11) is 0. The van der Waals surface area contributed by atoms with Crippen LogP contribution >= 0.6 is 35.6 Å². The van der Waals surface area contributed by atoms with E-state index in [1.807, 2.05) is 31.2 Å². The average molecular weight is 604 g/mol. The topological polar surface area (TPSA) is 72.6 Å². The van der Waals surface area contributed by atoms with Crippen molar-refractivity contribution in [3.8, 4) is 6.07 Å². The first-order valence-corrected chi connectivity index (χ1v) is 15.1. The first kappa shape index (κ1) is 29.1. The second-order valence-electron chi connectivity index (χ2n) is 10.0. The number of pyridine rings is 1. The van der Waals surface area contributed by atoms with E-state index in [2.05, 4.69) is 40.1 Å².